The van der Waals surface area contributed by atoms with Crippen LogP contribution in [-0.2, 0) is 16.4 Å². The van der Waals surface area contributed by atoms with Gasteiger partial charge in [-0.3, -0.25) is 4.98 Å². The molecular weight excluding hydrogens is 292 g/mol. The van der Waals surface area contributed by atoms with Crippen LogP contribution in [0.2, 0.25) is 0 Å². The van der Waals surface area contributed by atoms with Gasteiger partial charge in [0, 0.05) is 37.4 Å². The van der Waals surface area contributed by atoms with Crippen LogP contribution in [0.4, 0.5) is 4.79 Å². The number of aromatic nitrogens is 1. The Bertz CT molecular complexity index is 575. The maximum atomic E-state index is 11.6. The van der Waals surface area contributed by atoms with E-state index in [1.54, 1.807) is 6.20 Å². The van der Waals surface area contributed by atoms with Gasteiger partial charge in [-0.2, -0.15) is 0 Å². The monoisotopic (exact) mass is 314 g/mol. The fourth-order valence-electron chi connectivity index (χ4n) is 1.76. The summed E-state index contributed by atoms with van der Waals surface area (Å²) >= 11 is 0. The van der Waals surface area contributed by atoms with Crippen molar-refractivity contribution in [3.8, 4) is 0 Å². The summed E-state index contributed by atoms with van der Waals surface area (Å²) in [6, 6.07) is 3.46. The highest BCUT2D eigenvalue weighted by atomic mass is 32.2. The molecule has 0 spiro atoms. The molecule has 0 aliphatic heterocycles. The zero-order valence-electron chi connectivity index (χ0n) is 12.5. The van der Waals surface area contributed by atoms with E-state index >= 15 is 0 Å². The van der Waals surface area contributed by atoms with Crippen LogP contribution in [0.5, 0.6) is 0 Å². The second-order valence-corrected chi connectivity index (χ2v) is 6.77. The number of aryl methyl sites for hydroxylation is 1. The summed E-state index contributed by atoms with van der Waals surface area (Å²) in [6.45, 7) is 4.27. The molecule has 0 aliphatic carbocycles. The Hall–Kier alpha value is -1.67. The van der Waals surface area contributed by atoms with E-state index < -0.39 is 10.0 Å². The third-order valence-electron chi connectivity index (χ3n) is 2.77. The minimum absolute atomic E-state index is 0.0681. The summed E-state index contributed by atoms with van der Waals surface area (Å²) in [5.41, 5.74) is 2.04. The number of hydrogen-bond donors (Lipinski definition) is 3. The van der Waals surface area contributed by atoms with Crippen molar-refractivity contribution in [3.63, 3.8) is 0 Å². The number of carbonyl (C=O) groups excluding carboxylic acids is 1. The predicted molar refractivity (Wildman–Crippen MR) is 81.5 cm³/mol. The molecule has 1 heterocycles. The fraction of sp³-hybridized carbons (Fsp3) is 0.538. The lowest BCUT2D eigenvalue weighted by Crippen LogP contribution is -2.44. The summed E-state index contributed by atoms with van der Waals surface area (Å²) in [7, 11) is -3.22. The van der Waals surface area contributed by atoms with Crippen molar-refractivity contribution in [2.75, 3.05) is 19.3 Å². The number of hydrogen-bond acceptors (Lipinski definition) is 4. The van der Waals surface area contributed by atoms with E-state index in [1.807, 2.05) is 26.0 Å². The highest BCUT2D eigenvalue weighted by Gasteiger charge is 2.10. The van der Waals surface area contributed by atoms with Crippen molar-refractivity contribution >= 4 is 16.1 Å². The van der Waals surface area contributed by atoms with Gasteiger partial charge in [0.25, 0.3) is 0 Å². The highest BCUT2D eigenvalue weighted by molar-refractivity contribution is 7.88. The van der Waals surface area contributed by atoms with Gasteiger partial charge in [0.15, 0.2) is 0 Å². The normalized spacial score (nSPS) is 12.7. The molecule has 2 amide bonds. The lowest BCUT2D eigenvalue weighted by atomic mass is 10.1. The van der Waals surface area contributed by atoms with Crippen molar-refractivity contribution in [2.45, 2.75) is 26.3 Å². The van der Waals surface area contributed by atoms with Crippen molar-refractivity contribution in [1.82, 2.24) is 20.3 Å². The number of sulfonamides is 1. The average molecular weight is 314 g/mol. The third-order valence-corrected chi connectivity index (χ3v) is 3.50. The zero-order chi connectivity index (χ0) is 15.9. The first kappa shape index (κ1) is 17.4. The number of rotatable bonds is 7. The minimum Gasteiger partial charge on any atom is -0.337 e. The zero-order valence-corrected chi connectivity index (χ0v) is 13.3. The second kappa shape index (κ2) is 7.94. The van der Waals surface area contributed by atoms with Crippen LogP contribution >= 0.6 is 0 Å². The molecule has 0 unspecified atom stereocenters. The van der Waals surface area contributed by atoms with Gasteiger partial charge in [0.1, 0.15) is 0 Å². The smallest absolute Gasteiger partial charge is 0.315 e. The number of pyridine rings is 1. The number of amides is 2. The topological polar surface area (TPSA) is 100 Å². The molecule has 1 atom stereocenters. The molecule has 0 radical (unpaired) electrons. The summed E-state index contributed by atoms with van der Waals surface area (Å²) in [4.78, 5) is 15.9. The lowest BCUT2D eigenvalue weighted by molar-refractivity contribution is 0.238. The maximum absolute atomic E-state index is 11.6. The molecule has 0 aliphatic rings. The standard InChI is InChI=1S/C13H22N4O3S/c1-10-5-4-6-14-12(10)9-11(2)17-13(18)15-7-8-16-21(3,19)20/h4-6,11,16H,7-9H2,1-3H3,(H2,15,17,18)/t11-/m1/s1. The van der Waals surface area contributed by atoms with Crippen LogP contribution in [0.3, 0.4) is 0 Å². The van der Waals surface area contributed by atoms with Gasteiger partial charge in [0.2, 0.25) is 10.0 Å². The van der Waals surface area contributed by atoms with Gasteiger partial charge >= 0.3 is 6.03 Å². The minimum atomic E-state index is -3.22. The Labute approximate surface area is 125 Å². The van der Waals surface area contributed by atoms with Crippen molar-refractivity contribution in [3.05, 3.63) is 29.6 Å². The summed E-state index contributed by atoms with van der Waals surface area (Å²) < 4.78 is 24.0. The Morgan fingerprint density at radius 3 is 2.71 bits per heavy atom. The lowest BCUT2D eigenvalue weighted by Gasteiger charge is -2.15. The number of nitrogens with zero attached hydrogens (tertiary/aromatic N) is 1. The van der Waals surface area contributed by atoms with Crippen molar-refractivity contribution in [2.24, 2.45) is 0 Å². The van der Waals surface area contributed by atoms with Gasteiger partial charge in [0.05, 0.1) is 6.26 Å². The quantitative estimate of drug-likeness (QED) is 0.625. The molecule has 21 heavy (non-hydrogen) atoms. The first-order valence-electron chi connectivity index (χ1n) is 6.67. The van der Waals surface area contributed by atoms with Gasteiger partial charge < -0.3 is 10.6 Å². The van der Waals surface area contributed by atoms with E-state index in [0.29, 0.717) is 6.42 Å². The Kier molecular flexibility index (Phi) is 6.57. The van der Waals surface area contributed by atoms with E-state index in [1.165, 1.54) is 0 Å². The predicted octanol–water partition coefficient (Wildman–Crippen LogP) is 0.169. The van der Waals surface area contributed by atoms with Gasteiger partial charge in [-0.05, 0) is 25.5 Å². The fourth-order valence-corrected chi connectivity index (χ4v) is 2.23. The summed E-state index contributed by atoms with van der Waals surface area (Å²) in [5, 5.41) is 5.38. The first-order valence-corrected chi connectivity index (χ1v) is 8.56. The van der Waals surface area contributed by atoms with Crippen LogP contribution in [0.1, 0.15) is 18.2 Å². The average Bonchev–Trinajstić information content (AvgIpc) is 2.36. The second-order valence-electron chi connectivity index (χ2n) is 4.94. The molecule has 1 rings (SSSR count). The molecule has 118 valence electrons. The van der Waals surface area contributed by atoms with Crippen LogP contribution in [-0.4, -0.2) is 44.8 Å². The van der Waals surface area contributed by atoms with Crippen LogP contribution in [0, 0.1) is 6.92 Å². The van der Waals surface area contributed by atoms with E-state index in [4.69, 9.17) is 0 Å². The Morgan fingerprint density at radius 2 is 2.10 bits per heavy atom. The van der Waals surface area contributed by atoms with Crippen LogP contribution in [0.25, 0.3) is 0 Å². The maximum Gasteiger partial charge on any atom is 0.315 e. The molecule has 8 heteroatoms. The van der Waals surface area contributed by atoms with Gasteiger partial charge in [-0.15, -0.1) is 0 Å². The van der Waals surface area contributed by atoms with Crippen LogP contribution in [0.15, 0.2) is 18.3 Å². The first-order chi connectivity index (χ1) is 9.78. The Morgan fingerprint density at radius 1 is 1.38 bits per heavy atom. The third kappa shape index (κ3) is 7.62. The Balaban J connectivity index is 2.29. The molecule has 0 aromatic carbocycles. The van der Waals surface area contributed by atoms with Crippen molar-refractivity contribution in [1.29, 1.82) is 0 Å². The summed E-state index contributed by atoms with van der Waals surface area (Å²) in [5.74, 6) is 0. The van der Waals surface area contributed by atoms with Crippen LogP contribution < -0.4 is 15.4 Å². The molecule has 0 saturated carbocycles. The molecule has 0 bridgehead atoms. The van der Waals surface area contributed by atoms with Gasteiger partial charge in [-0.1, -0.05) is 6.07 Å². The molecule has 3 N–H and O–H groups in total. The van der Waals surface area contributed by atoms with E-state index in [-0.39, 0.29) is 25.2 Å². The molecule has 0 saturated heterocycles. The molecular formula is C13H22N4O3S. The summed E-state index contributed by atoms with van der Waals surface area (Å²) in [6.07, 6.45) is 3.44. The molecule has 1 aromatic rings. The SMILES string of the molecule is Cc1cccnc1C[C@@H](C)NC(=O)NCCNS(C)(=O)=O. The van der Waals surface area contributed by atoms with Crippen molar-refractivity contribution < 1.29 is 13.2 Å². The van der Waals surface area contributed by atoms with E-state index in [0.717, 1.165) is 17.5 Å². The number of urea groups is 1. The highest BCUT2D eigenvalue weighted by Crippen LogP contribution is 2.05. The van der Waals surface area contributed by atoms with E-state index in [9.17, 15) is 13.2 Å². The van der Waals surface area contributed by atoms with Gasteiger partial charge in [-0.25, -0.2) is 17.9 Å². The number of carbonyl (C=O) groups is 1. The van der Waals surface area contributed by atoms with E-state index in [2.05, 4.69) is 20.3 Å². The molecule has 1 aromatic heterocycles. The number of nitrogens with one attached hydrogen (secondary N) is 3. The largest absolute Gasteiger partial charge is 0.337 e. The molecule has 0 fully saturated rings. The molecule has 7 nitrogen and oxygen atoms in total.